The van der Waals surface area contributed by atoms with E-state index in [1.165, 1.54) is 4.90 Å². The minimum Gasteiger partial charge on any atom is -0.456 e. The zero-order valence-electron chi connectivity index (χ0n) is 14.7. The molecule has 1 aliphatic heterocycles. The summed E-state index contributed by atoms with van der Waals surface area (Å²) in [6, 6.07) is 1.54. The molecule has 6 nitrogen and oxygen atoms in total. The topological polar surface area (TPSA) is 65.4 Å². The lowest BCUT2D eigenvalue weighted by Crippen LogP contribution is -2.42. The van der Waals surface area contributed by atoms with Crippen molar-refractivity contribution in [3.05, 3.63) is 29.3 Å². The minimum atomic E-state index is -1.34. The molecule has 1 aromatic rings. The first kappa shape index (κ1) is 18.8. The lowest BCUT2D eigenvalue weighted by atomic mass is 10.1. The van der Waals surface area contributed by atoms with Crippen LogP contribution in [0.15, 0.2) is 17.2 Å². The fourth-order valence-corrected chi connectivity index (χ4v) is 2.88. The van der Waals surface area contributed by atoms with Crippen LogP contribution in [0.5, 0.6) is 0 Å². The number of anilines is 1. The second-order valence-electron chi connectivity index (χ2n) is 7.30. The Kier molecular flexibility index (Phi) is 4.83. The van der Waals surface area contributed by atoms with Gasteiger partial charge in [-0.2, -0.15) is 5.10 Å². The number of aliphatic hydroxyl groups is 1. The van der Waals surface area contributed by atoms with Gasteiger partial charge < -0.3 is 9.84 Å². The first-order valence-corrected chi connectivity index (χ1v) is 8.76. The minimum absolute atomic E-state index is 0.0346. The number of ether oxygens (including phenoxy) is 1. The summed E-state index contributed by atoms with van der Waals surface area (Å²) in [4.78, 5) is 13.4. The van der Waals surface area contributed by atoms with Crippen molar-refractivity contribution >= 4 is 29.1 Å². The number of alkyl halides is 1. The predicted molar refractivity (Wildman–Crippen MR) is 92.7 cm³/mol. The van der Waals surface area contributed by atoms with Gasteiger partial charge >= 0.3 is 5.97 Å². The quantitative estimate of drug-likeness (QED) is 0.488. The van der Waals surface area contributed by atoms with Crippen molar-refractivity contribution in [3.63, 3.8) is 0 Å². The summed E-state index contributed by atoms with van der Waals surface area (Å²) >= 11 is 5.85. The van der Waals surface area contributed by atoms with Crippen LogP contribution >= 0.6 is 11.6 Å². The monoisotopic (exact) mass is 387 g/mol. The number of aliphatic hydroxyl groups excluding tert-OH is 1. The summed E-state index contributed by atoms with van der Waals surface area (Å²) < 4.78 is 34.1. The number of hydrazone groups is 1. The molecule has 1 unspecified atom stereocenters. The molecule has 3 rings (SSSR count). The van der Waals surface area contributed by atoms with E-state index >= 15 is 0 Å². The van der Waals surface area contributed by atoms with E-state index in [0.29, 0.717) is 5.84 Å². The van der Waals surface area contributed by atoms with E-state index in [9.17, 15) is 18.7 Å². The van der Waals surface area contributed by atoms with Gasteiger partial charge in [-0.1, -0.05) is 0 Å². The summed E-state index contributed by atoms with van der Waals surface area (Å²) in [5.74, 6) is -2.13. The number of halogens is 3. The molecule has 1 aromatic carbocycles. The van der Waals surface area contributed by atoms with Crippen LogP contribution in [0.2, 0.25) is 0 Å². The van der Waals surface area contributed by atoms with Crippen LogP contribution in [0.25, 0.3) is 0 Å². The van der Waals surface area contributed by atoms with Crippen molar-refractivity contribution < 1.29 is 23.4 Å². The second kappa shape index (κ2) is 6.66. The number of esters is 1. The van der Waals surface area contributed by atoms with E-state index in [-0.39, 0.29) is 17.6 Å². The number of hydrogen-bond acceptors (Lipinski definition) is 6. The van der Waals surface area contributed by atoms with Crippen molar-refractivity contribution in [2.24, 2.45) is 11.0 Å². The van der Waals surface area contributed by atoms with Crippen LogP contribution in [-0.4, -0.2) is 39.8 Å². The molecule has 1 aliphatic carbocycles. The SMILES string of the molecule is CC(C)(C)OC(=O)c1cc(F)c(N2N=C(C3CC3)N(CCl)C2O)cc1F. The Balaban J connectivity index is 1.92. The zero-order valence-corrected chi connectivity index (χ0v) is 15.4. The van der Waals surface area contributed by atoms with Crippen LogP contribution in [0, 0.1) is 17.6 Å². The maximum atomic E-state index is 14.6. The molecule has 1 N–H and O–H groups in total. The molecule has 0 radical (unpaired) electrons. The fourth-order valence-electron chi connectivity index (χ4n) is 2.63. The summed E-state index contributed by atoms with van der Waals surface area (Å²) in [5, 5.41) is 15.5. The lowest BCUT2D eigenvalue weighted by Gasteiger charge is -2.26. The molecule has 9 heteroatoms. The van der Waals surface area contributed by atoms with E-state index in [1.54, 1.807) is 20.8 Å². The zero-order chi connectivity index (χ0) is 19.2. The maximum absolute atomic E-state index is 14.6. The molecule has 0 saturated heterocycles. The highest BCUT2D eigenvalue weighted by atomic mass is 35.5. The van der Waals surface area contributed by atoms with Crippen LogP contribution < -0.4 is 5.01 Å². The predicted octanol–water partition coefficient (Wildman–Crippen LogP) is 3.24. The van der Waals surface area contributed by atoms with E-state index < -0.39 is 35.1 Å². The first-order valence-electron chi connectivity index (χ1n) is 8.23. The molecule has 1 saturated carbocycles. The number of amidine groups is 1. The third-order valence-electron chi connectivity index (χ3n) is 3.98. The lowest BCUT2D eigenvalue weighted by molar-refractivity contribution is 0.00642. The van der Waals surface area contributed by atoms with Crippen LogP contribution in [0.1, 0.15) is 44.0 Å². The Morgan fingerprint density at radius 2 is 2.00 bits per heavy atom. The number of carbonyl (C=O) groups excluding carboxylic acids is 1. The van der Waals surface area contributed by atoms with Gasteiger partial charge in [-0.05, 0) is 39.7 Å². The van der Waals surface area contributed by atoms with E-state index in [0.717, 1.165) is 30.0 Å². The number of carbonyl (C=O) groups is 1. The Hall–Kier alpha value is -1.93. The Labute approximate surface area is 155 Å². The molecule has 2 aliphatic rings. The molecule has 142 valence electrons. The summed E-state index contributed by atoms with van der Waals surface area (Å²) in [6.45, 7) is 4.88. The smallest absolute Gasteiger partial charge is 0.341 e. The average Bonchev–Trinajstić information content (AvgIpc) is 3.31. The molecule has 1 fully saturated rings. The highest BCUT2D eigenvalue weighted by Crippen LogP contribution is 2.38. The molecular formula is C17H20ClF2N3O3. The van der Waals surface area contributed by atoms with E-state index in [2.05, 4.69) is 5.10 Å². The molecule has 1 heterocycles. The first-order chi connectivity index (χ1) is 12.1. The number of nitrogens with zero attached hydrogens (tertiary/aromatic N) is 3. The Bertz CT molecular complexity index is 762. The second-order valence-corrected chi connectivity index (χ2v) is 7.54. The van der Waals surface area contributed by atoms with Crippen molar-refractivity contribution in [2.75, 3.05) is 11.0 Å². The number of rotatable bonds is 4. The normalized spacial score (nSPS) is 20.4. The van der Waals surface area contributed by atoms with E-state index in [1.807, 2.05) is 0 Å². The third-order valence-corrected chi connectivity index (χ3v) is 4.23. The van der Waals surface area contributed by atoms with Gasteiger partial charge in [-0.25, -0.2) is 18.6 Å². The van der Waals surface area contributed by atoms with Gasteiger partial charge in [0.2, 0.25) is 6.35 Å². The van der Waals surface area contributed by atoms with Gasteiger partial charge in [0, 0.05) is 12.0 Å². The van der Waals surface area contributed by atoms with Gasteiger partial charge in [0.05, 0.1) is 11.6 Å². The third kappa shape index (κ3) is 3.61. The number of benzene rings is 1. The maximum Gasteiger partial charge on any atom is 0.341 e. The van der Waals surface area contributed by atoms with Gasteiger partial charge in [0.15, 0.2) is 0 Å². The summed E-state index contributed by atoms with van der Waals surface area (Å²) in [7, 11) is 0. The van der Waals surface area contributed by atoms with Crippen molar-refractivity contribution in [3.8, 4) is 0 Å². The molecule has 0 bridgehead atoms. The molecule has 0 amide bonds. The molecule has 0 aromatic heterocycles. The standard InChI is InChI=1S/C17H20ClF2N3O3/c1-17(2,3)26-15(24)10-6-12(20)13(7-11(10)19)23-16(25)22(8-18)14(21-23)9-4-5-9/h6-7,9,16,25H,4-5,8H2,1-3H3. The van der Waals surface area contributed by atoms with E-state index in [4.69, 9.17) is 16.3 Å². The largest absolute Gasteiger partial charge is 0.456 e. The van der Waals surface area contributed by atoms with Crippen LogP contribution in [0.3, 0.4) is 0 Å². The van der Waals surface area contributed by atoms with Crippen molar-refractivity contribution in [1.29, 1.82) is 0 Å². The molecular weight excluding hydrogens is 368 g/mol. The van der Waals surface area contributed by atoms with Crippen molar-refractivity contribution in [1.82, 2.24) is 4.90 Å². The summed E-state index contributed by atoms with van der Waals surface area (Å²) in [6.07, 6.45) is 0.465. The van der Waals surface area contributed by atoms with Crippen LogP contribution in [-0.2, 0) is 4.74 Å². The van der Waals surface area contributed by atoms with Gasteiger partial charge in [-0.3, -0.25) is 4.90 Å². The summed E-state index contributed by atoms with van der Waals surface area (Å²) in [5.41, 5.74) is -1.64. The van der Waals surface area contributed by atoms with Gasteiger partial charge in [-0.15, -0.1) is 11.6 Å². The van der Waals surface area contributed by atoms with Gasteiger partial charge in [0.25, 0.3) is 0 Å². The fraction of sp³-hybridized carbons (Fsp3) is 0.529. The average molecular weight is 388 g/mol. The number of hydrogen-bond donors (Lipinski definition) is 1. The molecule has 0 spiro atoms. The highest BCUT2D eigenvalue weighted by molar-refractivity contribution is 6.19. The van der Waals surface area contributed by atoms with Crippen molar-refractivity contribution in [2.45, 2.75) is 45.6 Å². The van der Waals surface area contributed by atoms with Crippen LogP contribution in [0.4, 0.5) is 14.5 Å². The highest BCUT2D eigenvalue weighted by Gasteiger charge is 2.42. The Morgan fingerprint density at radius 1 is 1.35 bits per heavy atom. The van der Waals surface area contributed by atoms with Gasteiger partial charge in [0.1, 0.15) is 28.8 Å². The molecule has 1 atom stereocenters. The Morgan fingerprint density at radius 3 is 2.54 bits per heavy atom. The molecule has 26 heavy (non-hydrogen) atoms.